The van der Waals surface area contributed by atoms with Crippen molar-refractivity contribution in [2.45, 2.75) is 56.6 Å². The van der Waals surface area contributed by atoms with Crippen molar-refractivity contribution in [1.82, 2.24) is 15.0 Å². The van der Waals surface area contributed by atoms with Crippen LogP contribution in [0.3, 0.4) is 0 Å². The molecule has 0 unspecified atom stereocenters. The normalized spacial score (nSPS) is 16.6. The monoisotopic (exact) mass is 297 g/mol. The van der Waals surface area contributed by atoms with Crippen molar-refractivity contribution >= 4 is 10.0 Å². The van der Waals surface area contributed by atoms with Gasteiger partial charge in [0.1, 0.15) is 0 Å². The number of hydrogen-bond acceptors (Lipinski definition) is 4. The highest BCUT2D eigenvalue weighted by Gasteiger charge is 2.23. The molecule has 0 aliphatic heterocycles. The third kappa shape index (κ3) is 4.26. The molecule has 112 valence electrons. The molecular formula is C14H23N3O2S. The quantitative estimate of drug-likeness (QED) is 0.753. The van der Waals surface area contributed by atoms with Crippen LogP contribution in [0.15, 0.2) is 23.4 Å². The molecule has 1 aliphatic carbocycles. The molecular weight excluding hydrogens is 274 g/mol. The van der Waals surface area contributed by atoms with E-state index in [-0.39, 0.29) is 11.1 Å². The van der Waals surface area contributed by atoms with Crippen molar-refractivity contribution in [2.75, 3.05) is 6.54 Å². The van der Waals surface area contributed by atoms with Crippen LogP contribution in [0.5, 0.6) is 0 Å². The van der Waals surface area contributed by atoms with Crippen molar-refractivity contribution in [3.05, 3.63) is 23.9 Å². The summed E-state index contributed by atoms with van der Waals surface area (Å²) in [6, 6.07) is 3.48. The predicted molar refractivity (Wildman–Crippen MR) is 78.8 cm³/mol. The molecule has 0 spiro atoms. The summed E-state index contributed by atoms with van der Waals surface area (Å²) < 4.78 is 27.1. The summed E-state index contributed by atoms with van der Waals surface area (Å²) in [5.74, 6) is 0. The van der Waals surface area contributed by atoms with Crippen molar-refractivity contribution < 1.29 is 8.42 Å². The maximum atomic E-state index is 12.2. The maximum absolute atomic E-state index is 12.2. The van der Waals surface area contributed by atoms with E-state index < -0.39 is 10.0 Å². The highest BCUT2D eigenvalue weighted by molar-refractivity contribution is 7.89. The highest BCUT2D eigenvalue weighted by atomic mass is 32.2. The lowest BCUT2D eigenvalue weighted by atomic mass is 10.3. The summed E-state index contributed by atoms with van der Waals surface area (Å²) in [7, 11) is -3.47. The van der Waals surface area contributed by atoms with Crippen molar-refractivity contribution in [2.24, 2.45) is 0 Å². The summed E-state index contributed by atoms with van der Waals surface area (Å²) in [6.45, 7) is 3.77. The van der Waals surface area contributed by atoms with Crippen LogP contribution >= 0.6 is 0 Å². The highest BCUT2D eigenvalue weighted by Crippen LogP contribution is 2.19. The molecule has 1 aromatic rings. The van der Waals surface area contributed by atoms with Crippen molar-refractivity contribution in [3.8, 4) is 0 Å². The molecule has 5 nitrogen and oxygen atoms in total. The fraction of sp³-hybridized carbons (Fsp3) is 0.643. The zero-order valence-corrected chi connectivity index (χ0v) is 12.7. The van der Waals surface area contributed by atoms with Gasteiger partial charge in [-0.2, -0.15) is 0 Å². The van der Waals surface area contributed by atoms with Gasteiger partial charge in [0, 0.05) is 18.8 Å². The second-order valence-corrected chi connectivity index (χ2v) is 6.94. The minimum absolute atomic E-state index is 0.0766. The molecule has 0 radical (unpaired) electrons. The van der Waals surface area contributed by atoms with E-state index in [1.165, 1.54) is 0 Å². The summed E-state index contributed by atoms with van der Waals surface area (Å²) in [5, 5.41) is 3.38. The van der Waals surface area contributed by atoms with Crippen LogP contribution < -0.4 is 10.0 Å². The van der Waals surface area contributed by atoms with Crippen LogP contribution in [0.1, 0.15) is 44.6 Å². The Bertz CT molecular complexity index is 508. The van der Waals surface area contributed by atoms with Gasteiger partial charge in [0.15, 0.2) is 5.03 Å². The number of rotatable bonds is 7. The van der Waals surface area contributed by atoms with Gasteiger partial charge in [-0.3, -0.25) is 0 Å². The topological polar surface area (TPSA) is 71.1 Å². The molecule has 1 heterocycles. The van der Waals surface area contributed by atoms with E-state index in [2.05, 4.69) is 21.9 Å². The second-order valence-electron chi connectivity index (χ2n) is 5.28. The van der Waals surface area contributed by atoms with Gasteiger partial charge in [0.2, 0.25) is 0 Å². The number of nitrogens with one attached hydrogen (secondary N) is 2. The Hall–Kier alpha value is -0.980. The van der Waals surface area contributed by atoms with Gasteiger partial charge in [-0.05, 0) is 37.4 Å². The van der Waals surface area contributed by atoms with Crippen molar-refractivity contribution in [1.29, 1.82) is 0 Å². The first-order valence-electron chi connectivity index (χ1n) is 7.30. The van der Waals surface area contributed by atoms with Crippen LogP contribution in [0.25, 0.3) is 0 Å². The number of pyridine rings is 1. The van der Waals surface area contributed by atoms with Crippen LogP contribution in [-0.2, 0) is 16.6 Å². The van der Waals surface area contributed by atoms with Gasteiger partial charge in [-0.25, -0.2) is 18.1 Å². The van der Waals surface area contributed by atoms with E-state index in [4.69, 9.17) is 0 Å². The largest absolute Gasteiger partial charge is 0.313 e. The Labute approximate surface area is 121 Å². The lowest BCUT2D eigenvalue weighted by Gasteiger charge is -2.12. The maximum Gasteiger partial charge on any atom is 0.258 e. The molecule has 1 aliphatic rings. The third-order valence-electron chi connectivity index (χ3n) is 3.51. The van der Waals surface area contributed by atoms with E-state index in [0.29, 0.717) is 0 Å². The SMILES string of the molecule is CCCNCc1ccc(S(=O)(=O)NC2CCCC2)nc1. The van der Waals surface area contributed by atoms with E-state index >= 15 is 0 Å². The summed E-state index contributed by atoms with van der Waals surface area (Å²) in [5.41, 5.74) is 0.998. The lowest BCUT2D eigenvalue weighted by Crippen LogP contribution is -2.33. The van der Waals surface area contributed by atoms with E-state index in [1.807, 2.05) is 6.07 Å². The molecule has 1 fully saturated rings. The number of aromatic nitrogens is 1. The van der Waals surface area contributed by atoms with Crippen molar-refractivity contribution in [3.63, 3.8) is 0 Å². The van der Waals surface area contributed by atoms with Crippen LogP contribution in [-0.4, -0.2) is 26.0 Å². The predicted octanol–water partition coefficient (Wildman–Crippen LogP) is 1.80. The van der Waals surface area contributed by atoms with Gasteiger partial charge in [-0.15, -0.1) is 0 Å². The van der Waals surface area contributed by atoms with Gasteiger partial charge >= 0.3 is 0 Å². The van der Waals surface area contributed by atoms with E-state index in [9.17, 15) is 8.42 Å². The van der Waals surface area contributed by atoms with Crippen LogP contribution in [0.4, 0.5) is 0 Å². The number of nitrogens with zero attached hydrogens (tertiary/aromatic N) is 1. The van der Waals surface area contributed by atoms with E-state index in [0.717, 1.165) is 50.8 Å². The molecule has 0 atom stereocenters. The second kappa shape index (κ2) is 7.15. The standard InChI is InChI=1S/C14H23N3O2S/c1-2-9-15-10-12-7-8-14(16-11-12)20(18,19)17-13-5-3-4-6-13/h7-8,11,13,15,17H,2-6,9-10H2,1H3. The molecule has 6 heteroatoms. The third-order valence-corrected chi connectivity index (χ3v) is 4.94. The zero-order valence-electron chi connectivity index (χ0n) is 11.9. The smallest absolute Gasteiger partial charge is 0.258 e. The van der Waals surface area contributed by atoms with Gasteiger partial charge in [0.05, 0.1) is 0 Å². The minimum Gasteiger partial charge on any atom is -0.313 e. The lowest BCUT2D eigenvalue weighted by molar-refractivity contribution is 0.548. The first kappa shape index (κ1) is 15.4. The fourth-order valence-electron chi connectivity index (χ4n) is 2.41. The average molecular weight is 297 g/mol. The first-order chi connectivity index (χ1) is 9.62. The van der Waals surface area contributed by atoms with Gasteiger partial charge < -0.3 is 5.32 Å². The molecule has 1 aromatic heterocycles. The summed E-state index contributed by atoms with van der Waals surface area (Å²) in [6.07, 6.45) is 6.76. The molecule has 2 N–H and O–H groups in total. The molecule has 1 saturated carbocycles. The summed E-state index contributed by atoms with van der Waals surface area (Å²) >= 11 is 0. The number of sulfonamides is 1. The van der Waals surface area contributed by atoms with Crippen LogP contribution in [0, 0.1) is 0 Å². The molecule has 20 heavy (non-hydrogen) atoms. The minimum atomic E-state index is -3.47. The Morgan fingerprint density at radius 1 is 1.30 bits per heavy atom. The Morgan fingerprint density at radius 3 is 2.65 bits per heavy atom. The molecule has 0 bridgehead atoms. The molecule has 2 rings (SSSR count). The zero-order chi connectivity index (χ0) is 14.4. The Morgan fingerprint density at radius 2 is 2.05 bits per heavy atom. The van der Waals surface area contributed by atoms with Crippen LogP contribution in [0.2, 0.25) is 0 Å². The molecule has 0 saturated heterocycles. The Balaban J connectivity index is 1.97. The fourth-order valence-corrected chi connectivity index (χ4v) is 3.64. The van der Waals surface area contributed by atoms with Gasteiger partial charge in [-0.1, -0.05) is 25.8 Å². The number of hydrogen-bond donors (Lipinski definition) is 2. The van der Waals surface area contributed by atoms with E-state index in [1.54, 1.807) is 12.3 Å². The summed E-state index contributed by atoms with van der Waals surface area (Å²) in [4.78, 5) is 4.08. The molecule has 0 aromatic carbocycles. The molecule has 0 amide bonds. The van der Waals surface area contributed by atoms with Gasteiger partial charge in [0.25, 0.3) is 10.0 Å². The Kier molecular flexibility index (Phi) is 5.51. The average Bonchev–Trinajstić information content (AvgIpc) is 2.92. The first-order valence-corrected chi connectivity index (χ1v) is 8.78.